The highest BCUT2D eigenvalue weighted by atomic mass is 15.0. The topological polar surface area (TPSA) is 27.1 Å². The summed E-state index contributed by atoms with van der Waals surface area (Å²) in [6, 6.07) is 8.32. The van der Waals surface area contributed by atoms with Crippen molar-refractivity contribution >= 4 is 11.3 Å². The summed E-state index contributed by atoms with van der Waals surface area (Å²) >= 11 is 0. The molecule has 1 aromatic carbocycles. The average Bonchev–Trinajstić information content (AvgIpc) is 2.84. The SMILES string of the molecule is CN(C)CC1=CCC(c2ccccc2C(=N)C(C)(C)C)=C1. The van der Waals surface area contributed by atoms with E-state index < -0.39 is 0 Å². The number of allylic oxidation sites excluding steroid dienone is 2. The van der Waals surface area contributed by atoms with Crippen LogP contribution >= 0.6 is 0 Å². The van der Waals surface area contributed by atoms with Gasteiger partial charge in [0.2, 0.25) is 0 Å². The van der Waals surface area contributed by atoms with Crippen molar-refractivity contribution in [3.63, 3.8) is 0 Å². The first-order chi connectivity index (χ1) is 9.79. The Morgan fingerprint density at radius 1 is 1.19 bits per heavy atom. The molecule has 0 saturated heterocycles. The van der Waals surface area contributed by atoms with Gasteiger partial charge in [0.25, 0.3) is 0 Å². The summed E-state index contributed by atoms with van der Waals surface area (Å²) in [6.45, 7) is 7.28. The van der Waals surface area contributed by atoms with E-state index in [2.05, 4.69) is 70.1 Å². The van der Waals surface area contributed by atoms with E-state index in [9.17, 15) is 0 Å². The molecule has 1 aromatic rings. The Hall–Kier alpha value is -1.67. The third kappa shape index (κ3) is 3.70. The lowest BCUT2D eigenvalue weighted by molar-refractivity contribution is 0.449. The number of nitrogens with one attached hydrogen (secondary N) is 1. The maximum Gasteiger partial charge on any atom is 0.0445 e. The van der Waals surface area contributed by atoms with Crippen LogP contribution in [0.4, 0.5) is 0 Å². The molecule has 0 saturated carbocycles. The summed E-state index contributed by atoms with van der Waals surface area (Å²) in [5, 5.41) is 8.50. The quantitative estimate of drug-likeness (QED) is 0.815. The van der Waals surface area contributed by atoms with Gasteiger partial charge in [0, 0.05) is 23.2 Å². The van der Waals surface area contributed by atoms with Gasteiger partial charge in [0.15, 0.2) is 0 Å². The van der Waals surface area contributed by atoms with Crippen molar-refractivity contribution in [2.45, 2.75) is 27.2 Å². The zero-order valence-electron chi connectivity index (χ0n) is 13.8. The Labute approximate surface area is 128 Å². The maximum atomic E-state index is 8.50. The fourth-order valence-electron chi connectivity index (χ4n) is 2.63. The second-order valence-electron chi connectivity index (χ2n) is 7.06. The molecule has 112 valence electrons. The molecule has 0 atom stereocenters. The minimum Gasteiger partial charge on any atom is -0.305 e. The molecule has 0 amide bonds. The van der Waals surface area contributed by atoms with Gasteiger partial charge in [-0.2, -0.15) is 0 Å². The molecular formula is C19H26N2. The number of likely N-dealkylation sites (N-methyl/N-ethyl adjacent to an activating group) is 1. The van der Waals surface area contributed by atoms with Crippen LogP contribution in [0.5, 0.6) is 0 Å². The third-order valence-electron chi connectivity index (χ3n) is 3.73. The monoisotopic (exact) mass is 282 g/mol. The Kier molecular flexibility index (Phi) is 4.48. The molecule has 0 aromatic heterocycles. The van der Waals surface area contributed by atoms with Crippen LogP contribution in [0, 0.1) is 10.8 Å². The minimum atomic E-state index is -0.130. The van der Waals surface area contributed by atoms with Crippen LogP contribution in [-0.4, -0.2) is 31.3 Å². The molecule has 21 heavy (non-hydrogen) atoms. The van der Waals surface area contributed by atoms with Crippen LogP contribution < -0.4 is 0 Å². The van der Waals surface area contributed by atoms with Crippen molar-refractivity contribution in [3.8, 4) is 0 Å². The molecule has 1 aliphatic carbocycles. The second kappa shape index (κ2) is 5.98. The van der Waals surface area contributed by atoms with Gasteiger partial charge < -0.3 is 10.3 Å². The lowest BCUT2D eigenvalue weighted by Crippen LogP contribution is -2.21. The van der Waals surface area contributed by atoms with Crippen LogP contribution in [0.2, 0.25) is 0 Å². The summed E-state index contributed by atoms with van der Waals surface area (Å²) in [5.74, 6) is 0. The molecule has 0 unspecified atom stereocenters. The van der Waals surface area contributed by atoms with Crippen molar-refractivity contribution in [1.29, 1.82) is 5.41 Å². The van der Waals surface area contributed by atoms with Gasteiger partial charge in [-0.15, -0.1) is 0 Å². The Morgan fingerprint density at radius 2 is 1.86 bits per heavy atom. The molecule has 2 nitrogen and oxygen atoms in total. The molecule has 0 heterocycles. The molecule has 2 rings (SSSR count). The number of hydrogen-bond donors (Lipinski definition) is 1. The number of rotatable bonds is 4. The predicted molar refractivity (Wildman–Crippen MR) is 92.0 cm³/mol. The van der Waals surface area contributed by atoms with E-state index in [1.54, 1.807) is 0 Å². The molecule has 0 aliphatic heterocycles. The highest BCUT2D eigenvalue weighted by molar-refractivity contribution is 6.05. The summed E-state index contributed by atoms with van der Waals surface area (Å²) in [4.78, 5) is 2.19. The van der Waals surface area contributed by atoms with E-state index in [4.69, 9.17) is 5.41 Å². The standard InChI is InChI=1S/C19H26N2/c1-19(2,3)18(20)17-9-7-6-8-16(17)15-11-10-14(12-15)13-21(4)5/h6-10,12,20H,11,13H2,1-5H3. The largest absolute Gasteiger partial charge is 0.305 e. The van der Waals surface area contributed by atoms with Gasteiger partial charge in [-0.05, 0) is 37.2 Å². The first-order valence-corrected chi connectivity index (χ1v) is 7.52. The van der Waals surface area contributed by atoms with Gasteiger partial charge in [-0.1, -0.05) is 57.2 Å². The average molecular weight is 282 g/mol. The first kappa shape index (κ1) is 15.7. The molecule has 0 spiro atoms. The molecule has 1 N–H and O–H groups in total. The zero-order valence-corrected chi connectivity index (χ0v) is 13.8. The normalized spacial score (nSPS) is 15.1. The van der Waals surface area contributed by atoms with Gasteiger partial charge in [-0.25, -0.2) is 0 Å². The van der Waals surface area contributed by atoms with E-state index in [0.717, 1.165) is 18.5 Å². The lowest BCUT2D eigenvalue weighted by Gasteiger charge is -2.22. The Morgan fingerprint density at radius 3 is 2.48 bits per heavy atom. The van der Waals surface area contributed by atoms with E-state index in [1.807, 2.05) is 6.07 Å². The number of hydrogen-bond acceptors (Lipinski definition) is 2. The summed E-state index contributed by atoms with van der Waals surface area (Å²) in [7, 11) is 4.19. The fourth-order valence-corrected chi connectivity index (χ4v) is 2.63. The molecule has 0 fully saturated rings. The summed E-state index contributed by atoms with van der Waals surface area (Å²) in [6.07, 6.45) is 5.55. The highest BCUT2D eigenvalue weighted by Crippen LogP contribution is 2.32. The molecule has 1 aliphatic rings. The van der Waals surface area contributed by atoms with Crippen molar-refractivity contribution in [2.24, 2.45) is 5.41 Å². The van der Waals surface area contributed by atoms with Crippen LogP contribution in [0.15, 0.2) is 42.0 Å². The smallest absolute Gasteiger partial charge is 0.0445 e. The lowest BCUT2D eigenvalue weighted by atomic mass is 9.82. The van der Waals surface area contributed by atoms with Crippen LogP contribution in [0.3, 0.4) is 0 Å². The number of nitrogens with zero attached hydrogens (tertiary/aromatic N) is 1. The molecular weight excluding hydrogens is 256 g/mol. The molecule has 0 bridgehead atoms. The van der Waals surface area contributed by atoms with E-state index in [1.165, 1.54) is 16.7 Å². The van der Waals surface area contributed by atoms with Crippen molar-refractivity contribution in [2.75, 3.05) is 20.6 Å². The second-order valence-corrected chi connectivity index (χ2v) is 7.06. The van der Waals surface area contributed by atoms with Crippen LogP contribution in [-0.2, 0) is 0 Å². The van der Waals surface area contributed by atoms with Crippen LogP contribution in [0.25, 0.3) is 5.57 Å². The zero-order chi connectivity index (χ0) is 15.6. The third-order valence-corrected chi connectivity index (χ3v) is 3.73. The Balaban J connectivity index is 2.33. The van der Waals surface area contributed by atoms with Gasteiger partial charge in [-0.3, -0.25) is 0 Å². The first-order valence-electron chi connectivity index (χ1n) is 7.52. The minimum absolute atomic E-state index is 0.130. The highest BCUT2D eigenvalue weighted by Gasteiger charge is 2.22. The van der Waals surface area contributed by atoms with E-state index in [0.29, 0.717) is 5.71 Å². The van der Waals surface area contributed by atoms with Crippen molar-refractivity contribution in [3.05, 3.63) is 53.1 Å². The van der Waals surface area contributed by atoms with Crippen LogP contribution in [0.1, 0.15) is 38.3 Å². The van der Waals surface area contributed by atoms with Gasteiger partial charge in [0.1, 0.15) is 0 Å². The van der Waals surface area contributed by atoms with Gasteiger partial charge >= 0.3 is 0 Å². The number of benzene rings is 1. The Bertz CT molecular complexity index is 598. The van der Waals surface area contributed by atoms with Crippen molar-refractivity contribution in [1.82, 2.24) is 4.90 Å². The van der Waals surface area contributed by atoms with Gasteiger partial charge in [0.05, 0.1) is 0 Å². The predicted octanol–water partition coefficient (Wildman–Crippen LogP) is 4.38. The van der Waals surface area contributed by atoms with E-state index >= 15 is 0 Å². The molecule has 0 radical (unpaired) electrons. The summed E-state index contributed by atoms with van der Waals surface area (Å²) < 4.78 is 0. The van der Waals surface area contributed by atoms with E-state index in [-0.39, 0.29) is 5.41 Å². The molecule has 2 heteroatoms. The fraction of sp³-hybridized carbons (Fsp3) is 0.421. The maximum absolute atomic E-state index is 8.50. The summed E-state index contributed by atoms with van der Waals surface area (Å²) in [5.41, 5.74) is 5.55. The van der Waals surface area contributed by atoms with Crippen molar-refractivity contribution < 1.29 is 0 Å².